The molecule has 0 atom stereocenters. The van der Waals surface area contributed by atoms with Crippen molar-refractivity contribution in [2.75, 3.05) is 436 Å². The summed E-state index contributed by atoms with van der Waals surface area (Å²) in [6.45, 7) is 30.6. The van der Waals surface area contributed by atoms with Crippen molar-refractivity contribution in [3.63, 3.8) is 0 Å². The molecule has 602 valence electrons. The van der Waals surface area contributed by atoms with Gasteiger partial charge in [-0.2, -0.15) is 0 Å². The first-order valence-corrected chi connectivity index (χ1v) is 35.6. The average molecular weight is 1470 g/mol. The predicted molar refractivity (Wildman–Crippen MR) is 360 cm³/mol. The van der Waals surface area contributed by atoms with Crippen molar-refractivity contribution in [3.8, 4) is 0 Å². The summed E-state index contributed by atoms with van der Waals surface area (Å²) in [5.41, 5.74) is 0. The zero-order valence-electron chi connectivity index (χ0n) is 60.6. The van der Waals surface area contributed by atoms with Crippen molar-refractivity contribution < 1.29 is 162 Å². The van der Waals surface area contributed by atoms with Crippen LogP contribution in [-0.4, -0.2) is 446 Å². The van der Waals surface area contributed by atoms with E-state index in [0.29, 0.717) is 423 Å². The van der Waals surface area contributed by atoms with Crippen LogP contribution < -0.4 is 0 Å². The maximum atomic E-state index is 8.62. The molecule has 0 aliphatic rings. The first kappa shape index (κ1) is 98.6. The molecule has 0 aliphatic heterocycles. The summed E-state index contributed by atoms with van der Waals surface area (Å²) >= 11 is 0. The number of aliphatic hydroxyl groups is 2. The first-order chi connectivity index (χ1) is 49.9. The van der Waals surface area contributed by atoms with Crippen molar-refractivity contribution in [2.24, 2.45) is 0 Å². The summed E-state index contributed by atoms with van der Waals surface area (Å²) in [5.74, 6) is 0. The SMILES string of the molecule is OCCOCCOCCOCCOCCOCCOCCOCCOCCOCCOCCOCCOCCOCCOCCOCCOCCOCCOCCOCCOCCOCCOCCOCCOCCOCCOCCOCCOCCOCCOCCOCCOCCO. The van der Waals surface area contributed by atoms with Crippen LogP contribution >= 0.6 is 0 Å². The zero-order valence-corrected chi connectivity index (χ0v) is 60.6. The summed E-state index contributed by atoms with van der Waals surface area (Å²) in [6, 6.07) is 0. The topological polar surface area (TPSA) is 336 Å². The van der Waals surface area contributed by atoms with E-state index in [1.54, 1.807) is 0 Å². The van der Waals surface area contributed by atoms with Gasteiger partial charge >= 0.3 is 0 Å². The van der Waals surface area contributed by atoms with Crippen LogP contribution in [0.2, 0.25) is 0 Å². The highest BCUT2D eigenvalue weighted by Gasteiger charge is 2.03. The lowest BCUT2D eigenvalue weighted by atomic mass is 10.6. The molecule has 0 fully saturated rings. The Hall–Kier alpha value is -1.36. The molecule has 0 heterocycles. The number of aliphatic hydroxyl groups excluding tert-OH is 2. The molecule has 2 N–H and O–H groups in total. The standard InChI is InChI=1S/C66H134O34/c67-1-3-69-5-7-71-9-11-73-13-15-75-17-19-77-21-23-79-25-27-81-29-31-83-33-35-85-37-39-87-41-43-89-45-47-91-49-51-93-53-55-95-57-59-97-61-63-99-65-66-100-64-62-98-60-58-96-56-54-94-52-50-92-48-46-90-44-42-88-40-38-86-36-34-84-32-30-82-28-26-80-24-22-78-20-18-76-16-14-74-12-10-72-8-6-70-4-2-68/h67-68H,1-66H2. The fourth-order valence-electron chi connectivity index (χ4n) is 7.05. The molecule has 34 heteroatoms. The number of rotatable bonds is 97. The van der Waals surface area contributed by atoms with E-state index in [0.717, 1.165) is 0 Å². The van der Waals surface area contributed by atoms with Gasteiger partial charge in [-0.3, -0.25) is 0 Å². The van der Waals surface area contributed by atoms with Crippen LogP contribution in [0.4, 0.5) is 0 Å². The van der Waals surface area contributed by atoms with Crippen molar-refractivity contribution in [1.29, 1.82) is 0 Å². The quantitative estimate of drug-likeness (QED) is 0.0725. The highest BCUT2D eigenvalue weighted by atomic mass is 16.6. The van der Waals surface area contributed by atoms with Crippen molar-refractivity contribution >= 4 is 0 Å². The minimum absolute atomic E-state index is 0.0158. The van der Waals surface area contributed by atoms with Crippen molar-refractivity contribution in [3.05, 3.63) is 0 Å². The molecule has 0 aliphatic carbocycles. The molecule has 0 aromatic heterocycles. The number of ether oxygens (including phenoxy) is 32. The molecule has 0 rings (SSSR count). The van der Waals surface area contributed by atoms with Gasteiger partial charge < -0.3 is 162 Å². The van der Waals surface area contributed by atoms with E-state index < -0.39 is 0 Å². The smallest absolute Gasteiger partial charge is 0.0701 e. The van der Waals surface area contributed by atoms with Gasteiger partial charge in [0.1, 0.15) is 0 Å². The average Bonchev–Trinajstić information content (AvgIpc) is 3.66. The lowest BCUT2D eigenvalue weighted by Crippen LogP contribution is -2.16. The highest BCUT2D eigenvalue weighted by molar-refractivity contribution is 4.45. The van der Waals surface area contributed by atoms with Gasteiger partial charge in [0, 0.05) is 0 Å². The van der Waals surface area contributed by atoms with Crippen molar-refractivity contribution in [1.82, 2.24) is 0 Å². The number of hydrogen-bond donors (Lipinski definition) is 2. The largest absolute Gasteiger partial charge is 0.394 e. The second-order valence-corrected chi connectivity index (χ2v) is 20.0. The first-order valence-electron chi connectivity index (χ1n) is 35.6. The lowest BCUT2D eigenvalue weighted by molar-refractivity contribution is -0.0326. The highest BCUT2D eigenvalue weighted by Crippen LogP contribution is 1.93. The Kier molecular flexibility index (Phi) is 96.3. The van der Waals surface area contributed by atoms with E-state index in [9.17, 15) is 0 Å². The number of hydrogen-bond acceptors (Lipinski definition) is 34. The molecule has 0 saturated heterocycles. The molecule has 100 heavy (non-hydrogen) atoms. The van der Waals surface area contributed by atoms with Gasteiger partial charge in [0.25, 0.3) is 0 Å². The molecule has 0 unspecified atom stereocenters. The second kappa shape index (κ2) is 97.6. The van der Waals surface area contributed by atoms with Crippen LogP contribution in [-0.2, 0) is 152 Å². The Morgan fingerprint density at radius 3 is 0.150 bits per heavy atom. The molecule has 34 nitrogen and oxygen atoms in total. The minimum Gasteiger partial charge on any atom is -0.394 e. The van der Waals surface area contributed by atoms with E-state index >= 15 is 0 Å². The Balaban J connectivity index is 3.09. The van der Waals surface area contributed by atoms with E-state index in [-0.39, 0.29) is 13.2 Å². The fraction of sp³-hybridized carbons (Fsp3) is 1.00. The normalized spacial score (nSPS) is 11.8. The Bertz CT molecular complexity index is 1290. The summed E-state index contributed by atoms with van der Waals surface area (Å²) in [4.78, 5) is 0. The van der Waals surface area contributed by atoms with Gasteiger partial charge in [0.05, 0.1) is 436 Å². The second-order valence-electron chi connectivity index (χ2n) is 20.0. The van der Waals surface area contributed by atoms with E-state index in [4.69, 9.17) is 162 Å². The summed E-state index contributed by atoms with van der Waals surface area (Å²) < 4.78 is 175. The molecular weight excluding hydrogens is 1340 g/mol. The predicted octanol–water partition coefficient (Wildman–Crippen LogP) is -0.498. The third-order valence-corrected chi connectivity index (χ3v) is 12.0. The molecule has 0 aromatic rings. The molecule has 0 saturated carbocycles. The third-order valence-electron chi connectivity index (χ3n) is 12.0. The maximum Gasteiger partial charge on any atom is 0.0701 e. The van der Waals surface area contributed by atoms with E-state index in [1.165, 1.54) is 0 Å². The molecule has 0 radical (unpaired) electrons. The van der Waals surface area contributed by atoms with Gasteiger partial charge in [0.2, 0.25) is 0 Å². The van der Waals surface area contributed by atoms with Crippen LogP contribution in [0, 0.1) is 0 Å². The van der Waals surface area contributed by atoms with Crippen LogP contribution in [0.15, 0.2) is 0 Å². The fourth-order valence-corrected chi connectivity index (χ4v) is 7.05. The lowest BCUT2D eigenvalue weighted by Gasteiger charge is -2.09. The summed E-state index contributed by atoms with van der Waals surface area (Å²) in [6.07, 6.45) is 0. The maximum absolute atomic E-state index is 8.62. The van der Waals surface area contributed by atoms with Gasteiger partial charge in [-0.05, 0) is 0 Å². The summed E-state index contributed by atoms with van der Waals surface area (Å²) in [5, 5.41) is 17.2. The van der Waals surface area contributed by atoms with Gasteiger partial charge in [-0.25, -0.2) is 0 Å². The van der Waals surface area contributed by atoms with Gasteiger partial charge in [-0.15, -0.1) is 0 Å². The van der Waals surface area contributed by atoms with Gasteiger partial charge in [-0.1, -0.05) is 0 Å². The zero-order chi connectivity index (χ0) is 71.3. The monoisotopic (exact) mass is 1470 g/mol. The summed E-state index contributed by atoms with van der Waals surface area (Å²) in [7, 11) is 0. The van der Waals surface area contributed by atoms with E-state index in [2.05, 4.69) is 0 Å². The van der Waals surface area contributed by atoms with Crippen molar-refractivity contribution in [2.45, 2.75) is 0 Å². The third kappa shape index (κ3) is 96.6. The molecule has 0 spiro atoms. The minimum atomic E-state index is 0.0158. The van der Waals surface area contributed by atoms with Crippen LogP contribution in [0.25, 0.3) is 0 Å². The molecule has 0 aromatic carbocycles. The van der Waals surface area contributed by atoms with Crippen LogP contribution in [0.3, 0.4) is 0 Å². The van der Waals surface area contributed by atoms with E-state index in [1.807, 2.05) is 0 Å². The molecule has 0 amide bonds. The molecular formula is C66H134O34. The van der Waals surface area contributed by atoms with Crippen LogP contribution in [0.5, 0.6) is 0 Å². The Labute approximate surface area is 596 Å². The van der Waals surface area contributed by atoms with Crippen LogP contribution in [0.1, 0.15) is 0 Å². The van der Waals surface area contributed by atoms with Gasteiger partial charge in [0.15, 0.2) is 0 Å². The Morgan fingerprint density at radius 1 is 0.0700 bits per heavy atom. The Morgan fingerprint density at radius 2 is 0.110 bits per heavy atom. The molecule has 0 bridgehead atoms.